The Morgan fingerprint density at radius 1 is 1.06 bits per heavy atom. The van der Waals surface area contributed by atoms with Gasteiger partial charge in [0, 0.05) is 0 Å². The van der Waals surface area contributed by atoms with Crippen molar-refractivity contribution < 1.29 is 46.7 Å². The van der Waals surface area contributed by atoms with E-state index in [9.17, 15) is 29.5 Å². The smallest absolute Gasteiger partial charge is 0.293 e. The molecule has 17 heavy (non-hydrogen) atoms. The average molecular weight is 337 g/mol. The van der Waals surface area contributed by atoms with Crippen molar-refractivity contribution in [1.82, 2.24) is 0 Å². The molecule has 16 heteroatoms. The van der Waals surface area contributed by atoms with Crippen LogP contribution in [-0.4, -0.2) is 48.2 Å². The summed E-state index contributed by atoms with van der Waals surface area (Å²) < 4.78 is 102. The lowest BCUT2D eigenvalue weighted by atomic mass is 11.9. The zero-order valence-corrected chi connectivity index (χ0v) is 10.8. The summed E-state index contributed by atoms with van der Waals surface area (Å²) in [6.07, 6.45) is 0. The third-order valence-corrected chi connectivity index (χ3v) is 10.3. The lowest BCUT2D eigenvalue weighted by Crippen LogP contribution is -2.50. The Bertz CT molecular complexity index is 636. The van der Waals surface area contributed by atoms with E-state index in [2.05, 4.69) is 8.77 Å². The molecule has 0 aliphatic carbocycles. The fourth-order valence-electron chi connectivity index (χ4n) is 0.560. The van der Waals surface area contributed by atoms with Gasteiger partial charge < -0.3 is 0 Å². The monoisotopic (exact) mass is 337 g/mol. The largest absolute Gasteiger partial charge is 0.411 e. The predicted molar refractivity (Wildman–Crippen MR) is 52.9 cm³/mol. The highest BCUT2D eigenvalue weighted by Gasteiger charge is 2.55. The molecular weight excluding hydrogens is 330 g/mol. The van der Waals surface area contributed by atoms with E-state index in [1.807, 2.05) is 0 Å². The second-order valence-electron chi connectivity index (χ2n) is 2.61. The van der Waals surface area contributed by atoms with Crippen molar-refractivity contribution in [2.75, 3.05) is 5.08 Å². The molecule has 106 valence electrons. The van der Waals surface area contributed by atoms with Gasteiger partial charge in [-0.05, 0) is 0 Å². The minimum absolute atomic E-state index is 2.48. The zero-order chi connectivity index (χ0) is 14.4. The number of nitrogens with two attached hydrogens (primary N) is 1. The molecule has 0 bridgehead atoms. The molecule has 0 saturated carbocycles. The molecule has 0 radical (unpaired) electrons. The molecule has 0 aliphatic heterocycles. The average Bonchev–Trinajstić information content (AvgIpc) is 1.68. The quantitative estimate of drug-likeness (QED) is 0.294. The first-order chi connectivity index (χ1) is 6.96. The van der Waals surface area contributed by atoms with Crippen LogP contribution >= 0.6 is 0 Å². The van der Waals surface area contributed by atoms with Crippen molar-refractivity contribution in [2.45, 2.75) is 0 Å². The summed E-state index contributed by atoms with van der Waals surface area (Å²) in [6.45, 7) is 0. The summed E-state index contributed by atoms with van der Waals surface area (Å²) in [5.74, 6) is 0. The fourth-order valence-corrected chi connectivity index (χ4v) is 8.96. The van der Waals surface area contributed by atoms with E-state index < -0.39 is 43.3 Å². The molecular formula is CH7NO11S4. The van der Waals surface area contributed by atoms with Crippen molar-refractivity contribution in [2.24, 2.45) is 5.14 Å². The van der Waals surface area contributed by atoms with Crippen LogP contribution < -0.4 is 5.14 Å². The molecule has 0 fully saturated rings. The van der Waals surface area contributed by atoms with Gasteiger partial charge in [-0.15, -0.1) is 3.63 Å². The second kappa shape index (κ2) is 3.90. The molecule has 0 heterocycles. The molecule has 0 unspecified atom stereocenters. The van der Waals surface area contributed by atoms with Crippen LogP contribution in [0, 0.1) is 0 Å². The number of sulfonamides is 1. The highest BCUT2D eigenvalue weighted by molar-refractivity contribution is 8.77. The van der Waals surface area contributed by atoms with Crippen LogP contribution in [0.4, 0.5) is 0 Å². The molecule has 12 nitrogen and oxygen atoms in total. The molecule has 0 amide bonds. The molecule has 0 aromatic carbocycles. The van der Waals surface area contributed by atoms with E-state index in [4.69, 9.17) is 13.7 Å². The topological polar surface area (TPSA) is 215 Å². The van der Waals surface area contributed by atoms with E-state index in [0.29, 0.717) is 0 Å². The van der Waals surface area contributed by atoms with E-state index in [-0.39, 0.29) is 0 Å². The summed E-state index contributed by atoms with van der Waals surface area (Å²) in [5.41, 5.74) is 0. The van der Waals surface area contributed by atoms with Gasteiger partial charge in [0.05, 0.1) is 0 Å². The summed E-state index contributed by atoms with van der Waals surface area (Å²) in [5, 5.41) is 1.75. The maximum atomic E-state index is 11.3. The van der Waals surface area contributed by atoms with Crippen molar-refractivity contribution in [3.05, 3.63) is 0 Å². The molecule has 5 N–H and O–H groups in total. The van der Waals surface area contributed by atoms with Crippen LogP contribution in [0.3, 0.4) is 0 Å². The molecule has 0 saturated heterocycles. The molecule has 0 aliphatic rings. The first-order valence-corrected chi connectivity index (χ1v) is 10.1. The third kappa shape index (κ3) is 4.52. The maximum absolute atomic E-state index is 11.3. The van der Waals surface area contributed by atoms with Gasteiger partial charge in [-0.1, -0.05) is 0 Å². The Hall–Kier alpha value is -0.200. The normalized spacial score (nSPS) is 17.3. The van der Waals surface area contributed by atoms with Gasteiger partial charge in [0.15, 0.2) is 5.08 Å². The van der Waals surface area contributed by atoms with Crippen molar-refractivity contribution in [3.63, 3.8) is 0 Å². The molecule has 0 aromatic rings. The van der Waals surface area contributed by atoms with Gasteiger partial charge in [-0.25, -0.2) is 17.8 Å². The number of rotatable bonds is 5. The highest BCUT2D eigenvalue weighted by atomic mass is 33.2. The van der Waals surface area contributed by atoms with Crippen molar-refractivity contribution >= 4 is 38.2 Å². The summed E-state index contributed by atoms with van der Waals surface area (Å²) in [6, 6.07) is 0. The Kier molecular flexibility index (Phi) is 3.85. The van der Waals surface area contributed by atoms with Gasteiger partial charge >= 0.3 is 19.5 Å². The van der Waals surface area contributed by atoms with Gasteiger partial charge in [0.1, 0.15) is 0 Å². The Morgan fingerprint density at radius 2 is 1.41 bits per heavy atom. The molecule has 0 aromatic heterocycles. The van der Waals surface area contributed by atoms with Crippen LogP contribution in [0.15, 0.2) is 0 Å². The standard InChI is InChI=1S/CH7NO11S4/c2-14(3,4)1-17(11,12,16(8,9)10)13-15(5,6)7/h1H2,(H,11,12)(H2,2,3,4)(H,5,6,7)(H,8,9,10). The molecule has 0 spiro atoms. The van der Waals surface area contributed by atoms with Crippen LogP contribution in [0.1, 0.15) is 0 Å². The number of hydrogen-bond acceptors (Lipinski definition) is 8. The number of primary sulfonamides is 1. The van der Waals surface area contributed by atoms with Crippen LogP contribution in [0.5, 0.6) is 0 Å². The Balaban J connectivity index is 6.19. The summed E-state index contributed by atoms with van der Waals surface area (Å²) >= 11 is 0. The van der Waals surface area contributed by atoms with Crippen LogP contribution in [0.2, 0.25) is 0 Å². The molecule has 0 rings (SSSR count). The van der Waals surface area contributed by atoms with Gasteiger partial charge in [0.25, 0.3) is 0 Å². The summed E-state index contributed by atoms with van der Waals surface area (Å²) in [4.78, 5) is 0. The first-order valence-electron chi connectivity index (χ1n) is 3.03. The van der Waals surface area contributed by atoms with E-state index in [0.717, 1.165) is 0 Å². The van der Waals surface area contributed by atoms with E-state index in [1.165, 1.54) is 0 Å². The van der Waals surface area contributed by atoms with Crippen molar-refractivity contribution in [1.29, 1.82) is 0 Å². The minimum atomic E-state index is -7.20. The Labute approximate surface area is 95.3 Å². The van der Waals surface area contributed by atoms with Gasteiger partial charge in [0.2, 0.25) is 18.7 Å². The van der Waals surface area contributed by atoms with Crippen molar-refractivity contribution in [3.8, 4) is 0 Å². The number of hydrogen-bond donors (Lipinski definition) is 4. The lowest BCUT2D eigenvalue weighted by molar-refractivity contribution is 0.352. The third-order valence-electron chi connectivity index (χ3n) is 0.996. The first kappa shape index (κ1) is 16.8. The van der Waals surface area contributed by atoms with Crippen LogP contribution in [-0.2, 0) is 41.9 Å². The predicted octanol–water partition coefficient (Wildman–Crippen LogP) is -2.94. The van der Waals surface area contributed by atoms with E-state index in [1.54, 1.807) is 0 Å². The SMILES string of the molecule is NS(=O)(=O)CS(=O)(O)(OS(=O)(=O)O)S(=O)(=O)O. The van der Waals surface area contributed by atoms with Gasteiger partial charge in [-0.3, -0.25) is 13.7 Å². The Morgan fingerprint density at radius 3 is 1.59 bits per heavy atom. The van der Waals surface area contributed by atoms with Gasteiger partial charge in [-0.2, -0.15) is 16.8 Å². The molecule has 0 atom stereocenters. The highest BCUT2D eigenvalue weighted by Crippen LogP contribution is 2.32. The zero-order valence-electron chi connectivity index (χ0n) is 7.53. The van der Waals surface area contributed by atoms with E-state index >= 15 is 0 Å². The van der Waals surface area contributed by atoms with Crippen LogP contribution in [0.25, 0.3) is 0 Å². The lowest BCUT2D eigenvalue weighted by Gasteiger charge is -2.28. The minimum Gasteiger partial charge on any atom is -0.293 e. The second-order valence-corrected chi connectivity index (χ2v) is 12.2. The maximum Gasteiger partial charge on any atom is 0.411 e. The fraction of sp³-hybridized carbons (Fsp3) is 1.00. The summed E-state index contributed by atoms with van der Waals surface area (Å²) in [7, 11) is -24.4.